The van der Waals surface area contributed by atoms with Crippen LogP contribution in [0.15, 0.2) is 48.5 Å². The van der Waals surface area contributed by atoms with Gasteiger partial charge in [-0.3, -0.25) is 9.59 Å². The van der Waals surface area contributed by atoms with Gasteiger partial charge in [0, 0.05) is 5.56 Å². The van der Waals surface area contributed by atoms with Crippen molar-refractivity contribution < 1.29 is 14.5 Å². The second-order valence-electron chi connectivity index (χ2n) is 6.91. The van der Waals surface area contributed by atoms with E-state index in [0.717, 1.165) is 36.9 Å². The van der Waals surface area contributed by atoms with E-state index in [1.807, 2.05) is 37.3 Å². The van der Waals surface area contributed by atoms with E-state index >= 15 is 0 Å². The summed E-state index contributed by atoms with van der Waals surface area (Å²) >= 11 is 6.30. The fourth-order valence-electron chi connectivity index (χ4n) is 3.50. The quantitative estimate of drug-likeness (QED) is 0.775. The van der Waals surface area contributed by atoms with Crippen molar-refractivity contribution in [2.45, 2.75) is 19.9 Å². The van der Waals surface area contributed by atoms with Crippen LogP contribution in [0.5, 0.6) is 0 Å². The molecule has 0 aliphatic carbocycles. The maximum absolute atomic E-state index is 12.7. The molecular formula is C21H25ClN3O2+. The number of nitrogens with zero attached hydrogens (tertiary/aromatic N) is 1. The molecule has 5 nitrogen and oxygen atoms in total. The molecule has 1 fully saturated rings. The first kappa shape index (κ1) is 19.4. The molecule has 1 aliphatic rings. The highest BCUT2D eigenvalue weighted by atomic mass is 35.5. The molecule has 1 saturated heterocycles. The molecule has 0 unspecified atom stereocenters. The standard InChI is InChI=1S/C21H24ClN3O2/c1-15(21(27)23-19-9-5-3-7-17(19)16(2)26)24-11-13-25(14-12-24)20-10-6-4-8-18(20)22/h3-10,15H,11-14H2,1-2H3,(H,23,27)/p+1/t15-/m1/s1. The SMILES string of the molecule is CC(=O)c1ccccc1NC(=O)[C@@H](C)[NH+]1CCN(c2ccccc2Cl)CC1. The Morgan fingerprint density at radius 3 is 2.37 bits per heavy atom. The number of quaternary nitrogens is 1. The lowest BCUT2D eigenvalue weighted by Gasteiger charge is -2.36. The second-order valence-corrected chi connectivity index (χ2v) is 7.32. The average Bonchev–Trinajstić information content (AvgIpc) is 2.68. The Labute approximate surface area is 164 Å². The van der Waals surface area contributed by atoms with Crippen molar-refractivity contribution in [2.24, 2.45) is 0 Å². The lowest BCUT2D eigenvalue weighted by molar-refractivity contribution is -0.914. The molecule has 2 aromatic rings. The molecule has 0 saturated carbocycles. The zero-order valence-corrected chi connectivity index (χ0v) is 16.4. The highest BCUT2D eigenvalue weighted by Gasteiger charge is 2.30. The Morgan fingerprint density at radius 1 is 1.07 bits per heavy atom. The summed E-state index contributed by atoms with van der Waals surface area (Å²) in [5.41, 5.74) is 2.17. The van der Waals surface area contributed by atoms with Gasteiger partial charge >= 0.3 is 0 Å². The number of piperazine rings is 1. The topological polar surface area (TPSA) is 53.9 Å². The smallest absolute Gasteiger partial charge is 0.282 e. The summed E-state index contributed by atoms with van der Waals surface area (Å²) in [4.78, 5) is 28.0. The Bertz CT molecular complexity index is 832. The number of para-hydroxylation sites is 2. The van der Waals surface area contributed by atoms with E-state index < -0.39 is 0 Å². The van der Waals surface area contributed by atoms with Crippen LogP contribution in [-0.4, -0.2) is 43.9 Å². The molecule has 0 bridgehead atoms. The predicted molar refractivity (Wildman–Crippen MR) is 109 cm³/mol. The summed E-state index contributed by atoms with van der Waals surface area (Å²) in [5.74, 6) is -0.121. The van der Waals surface area contributed by atoms with E-state index in [-0.39, 0.29) is 17.7 Å². The Balaban J connectivity index is 1.61. The van der Waals surface area contributed by atoms with E-state index in [4.69, 9.17) is 11.6 Å². The summed E-state index contributed by atoms with van der Waals surface area (Å²) in [7, 11) is 0. The third kappa shape index (κ3) is 4.49. The minimum absolute atomic E-state index is 0.0562. The molecule has 3 rings (SSSR count). The summed E-state index contributed by atoms with van der Waals surface area (Å²) in [6.45, 7) is 6.85. The van der Waals surface area contributed by atoms with Gasteiger partial charge < -0.3 is 15.1 Å². The largest absolute Gasteiger partial charge is 0.359 e. The first-order valence-corrected chi connectivity index (χ1v) is 9.60. The van der Waals surface area contributed by atoms with Gasteiger partial charge in [-0.25, -0.2) is 0 Å². The number of rotatable bonds is 5. The van der Waals surface area contributed by atoms with E-state index in [0.29, 0.717) is 11.3 Å². The van der Waals surface area contributed by atoms with Crippen LogP contribution in [0.4, 0.5) is 11.4 Å². The minimum Gasteiger partial charge on any atom is -0.359 e. The van der Waals surface area contributed by atoms with Gasteiger partial charge in [0.15, 0.2) is 11.8 Å². The Hall–Kier alpha value is -2.37. The van der Waals surface area contributed by atoms with Crippen LogP contribution in [0.2, 0.25) is 5.02 Å². The Morgan fingerprint density at radius 2 is 1.70 bits per heavy atom. The number of halogens is 1. The highest BCUT2D eigenvalue weighted by Crippen LogP contribution is 2.24. The number of carbonyl (C=O) groups excluding carboxylic acids is 2. The number of carbonyl (C=O) groups is 2. The van der Waals surface area contributed by atoms with E-state index in [9.17, 15) is 9.59 Å². The van der Waals surface area contributed by atoms with Gasteiger partial charge in [0.05, 0.1) is 42.6 Å². The summed E-state index contributed by atoms with van der Waals surface area (Å²) in [6.07, 6.45) is 0. The van der Waals surface area contributed by atoms with Crippen molar-refractivity contribution in [1.82, 2.24) is 0 Å². The first-order chi connectivity index (χ1) is 13.0. The van der Waals surface area contributed by atoms with Crippen molar-refractivity contribution >= 4 is 34.7 Å². The molecule has 1 amide bonds. The fourth-order valence-corrected chi connectivity index (χ4v) is 3.76. The van der Waals surface area contributed by atoms with Gasteiger partial charge in [0.2, 0.25) is 0 Å². The van der Waals surface area contributed by atoms with Gasteiger partial charge in [0.25, 0.3) is 5.91 Å². The summed E-state index contributed by atoms with van der Waals surface area (Å²) < 4.78 is 0. The van der Waals surface area contributed by atoms with Crippen molar-refractivity contribution in [2.75, 3.05) is 36.4 Å². The monoisotopic (exact) mass is 386 g/mol. The van der Waals surface area contributed by atoms with Crippen LogP contribution in [-0.2, 0) is 4.79 Å². The van der Waals surface area contributed by atoms with Crippen molar-refractivity contribution in [3.63, 3.8) is 0 Å². The van der Waals surface area contributed by atoms with Crippen LogP contribution in [0, 0.1) is 0 Å². The molecule has 0 spiro atoms. The van der Waals surface area contributed by atoms with Gasteiger partial charge in [-0.1, -0.05) is 35.9 Å². The molecular weight excluding hydrogens is 362 g/mol. The zero-order chi connectivity index (χ0) is 19.4. The van der Waals surface area contributed by atoms with Gasteiger partial charge in [-0.2, -0.15) is 0 Å². The summed E-state index contributed by atoms with van der Waals surface area (Å²) in [6, 6.07) is 14.8. The number of nitrogens with one attached hydrogen (secondary N) is 2. The Kier molecular flexibility index (Phi) is 6.14. The fraction of sp³-hybridized carbons (Fsp3) is 0.333. The lowest BCUT2D eigenvalue weighted by Crippen LogP contribution is -3.19. The number of hydrogen-bond donors (Lipinski definition) is 2. The molecule has 1 atom stereocenters. The summed E-state index contributed by atoms with van der Waals surface area (Å²) in [5, 5.41) is 3.68. The van der Waals surface area contributed by atoms with Crippen LogP contribution in [0.25, 0.3) is 0 Å². The molecule has 1 heterocycles. The normalized spacial score (nSPS) is 16.0. The number of benzene rings is 2. The van der Waals surface area contributed by atoms with Crippen LogP contribution >= 0.6 is 11.6 Å². The van der Waals surface area contributed by atoms with Gasteiger partial charge in [-0.05, 0) is 38.1 Å². The molecule has 0 aromatic heterocycles. The van der Waals surface area contributed by atoms with Crippen molar-refractivity contribution in [3.05, 3.63) is 59.1 Å². The molecule has 1 aliphatic heterocycles. The van der Waals surface area contributed by atoms with Crippen LogP contribution in [0.1, 0.15) is 24.2 Å². The number of ketones is 1. The van der Waals surface area contributed by atoms with Crippen molar-refractivity contribution in [1.29, 1.82) is 0 Å². The lowest BCUT2D eigenvalue weighted by atomic mass is 10.1. The molecule has 2 N–H and O–H groups in total. The number of hydrogen-bond acceptors (Lipinski definition) is 3. The average molecular weight is 387 g/mol. The van der Waals surface area contributed by atoms with E-state index in [2.05, 4.69) is 10.2 Å². The predicted octanol–water partition coefficient (Wildman–Crippen LogP) is 2.27. The number of Topliss-reactive ketones (excluding diaryl/α,β-unsaturated/α-hetero) is 1. The van der Waals surface area contributed by atoms with E-state index in [1.165, 1.54) is 11.8 Å². The highest BCUT2D eigenvalue weighted by molar-refractivity contribution is 6.33. The molecule has 2 aromatic carbocycles. The zero-order valence-electron chi connectivity index (χ0n) is 15.7. The molecule has 27 heavy (non-hydrogen) atoms. The van der Waals surface area contributed by atoms with Gasteiger partial charge in [-0.15, -0.1) is 0 Å². The third-order valence-corrected chi connectivity index (χ3v) is 5.49. The maximum atomic E-state index is 12.7. The molecule has 0 radical (unpaired) electrons. The second kappa shape index (κ2) is 8.55. The molecule has 142 valence electrons. The van der Waals surface area contributed by atoms with Gasteiger partial charge in [0.1, 0.15) is 0 Å². The van der Waals surface area contributed by atoms with Crippen LogP contribution in [0.3, 0.4) is 0 Å². The number of amides is 1. The minimum atomic E-state index is -0.196. The first-order valence-electron chi connectivity index (χ1n) is 9.22. The number of anilines is 2. The van der Waals surface area contributed by atoms with E-state index in [1.54, 1.807) is 18.2 Å². The third-order valence-electron chi connectivity index (χ3n) is 5.17. The van der Waals surface area contributed by atoms with Crippen molar-refractivity contribution in [3.8, 4) is 0 Å². The maximum Gasteiger partial charge on any atom is 0.282 e. The molecule has 6 heteroatoms. The van der Waals surface area contributed by atoms with Crippen LogP contribution < -0.4 is 15.1 Å².